The quantitative estimate of drug-likeness (QED) is 0.598. The maximum absolute atomic E-state index is 12.2. The van der Waals surface area contributed by atoms with Crippen molar-refractivity contribution in [1.29, 1.82) is 0 Å². The minimum absolute atomic E-state index is 0.189. The van der Waals surface area contributed by atoms with Gasteiger partial charge >= 0.3 is 5.97 Å². The zero-order valence-corrected chi connectivity index (χ0v) is 14.4. The van der Waals surface area contributed by atoms with Crippen LogP contribution in [-0.4, -0.2) is 18.4 Å². The van der Waals surface area contributed by atoms with Crippen molar-refractivity contribution in [2.75, 3.05) is 6.61 Å². The van der Waals surface area contributed by atoms with Crippen LogP contribution in [0.25, 0.3) is 0 Å². The zero-order chi connectivity index (χ0) is 16.3. The first-order chi connectivity index (χ1) is 10.4. The van der Waals surface area contributed by atoms with E-state index in [-0.39, 0.29) is 12.4 Å². The third-order valence-electron chi connectivity index (χ3n) is 3.56. The van der Waals surface area contributed by atoms with Gasteiger partial charge in [-0.2, -0.15) is 0 Å². The summed E-state index contributed by atoms with van der Waals surface area (Å²) in [6, 6.07) is 10.6. The second-order valence-electron chi connectivity index (χ2n) is 5.26. The standard InChI is InChI=1S/C18H17BrO3/c1-11-8-13(3)16(9-12(11)2)17(20)10-22-18(21)14-4-6-15(19)7-5-14/h4-9H,10H2,1-3H3. The molecule has 3 nitrogen and oxygen atoms in total. The van der Waals surface area contributed by atoms with Gasteiger partial charge in [0.25, 0.3) is 0 Å². The Labute approximate surface area is 138 Å². The van der Waals surface area contributed by atoms with E-state index in [9.17, 15) is 9.59 Å². The number of Topliss-reactive ketones (excluding diaryl/α,β-unsaturated/α-hetero) is 1. The molecule has 0 heterocycles. The maximum atomic E-state index is 12.2. The Bertz CT molecular complexity index is 718. The Balaban J connectivity index is 2.05. The first kappa shape index (κ1) is 16.4. The Morgan fingerprint density at radius 2 is 1.55 bits per heavy atom. The van der Waals surface area contributed by atoms with E-state index in [1.54, 1.807) is 24.3 Å². The number of benzene rings is 2. The highest BCUT2D eigenvalue weighted by atomic mass is 79.9. The predicted octanol–water partition coefficient (Wildman–Crippen LogP) is 4.41. The summed E-state index contributed by atoms with van der Waals surface area (Å²) in [6.07, 6.45) is 0. The van der Waals surface area contributed by atoms with Crippen molar-refractivity contribution < 1.29 is 14.3 Å². The van der Waals surface area contributed by atoms with Gasteiger partial charge in [0.2, 0.25) is 5.78 Å². The molecule has 2 rings (SSSR count). The SMILES string of the molecule is Cc1cc(C)c(C(=O)COC(=O)c2ccc(Br)cc2)cc1C. The molecule has 0 atom stereocenters. The number of ketones is 1. The summed E-state index contributed by atoms with van der Waals surface area (Å²) in [5.41, 5.74) is 4.11. The number of esters is 1. The Morgan fingerprint density at radius 1 is 0.955 bits per heavy atom. The van der Waals surface area contributed by atoms with E-state index in [0.29, 0.717) is 11.1 Å². The Kier molecular flexibility index (Phi) is 5.14. The molecule has 22 heavy (non-hydrogen) atoms. The highest BCUT2D eigenvalue weighted by Gasteiger charge is 2.14. The van der Waals surface area contributed by atoms with Crippen molar-refractivity contribution in [1.82, 2.24) is 0 Å². The molecule has 0 N–H and O–H groups in total. The molecule has 0 bridgehead atoms. The van der Waals surface area contributed by atoms with Crippen LogP contribution in [0.2, 0.25) is 0 Å². The predicted molar refractivity (Wildman–Crippen MR) is 89.4 cm³/mol. The average Bonchev–Trinajstić information content (AvgIpc) is 2.49. The van der Waals surface area contributed by atoms with E-state index >= 15 is 0 Å². The second kappa shape index (κ2) is 6.88. The fraction of sp³-hybridized carbons (Fsp3) is 0.222. The number of ether oxygens (including phenoxy) is 1. The lowest BCUT2D eigenvalue weighted by Crippen LogP contribution is -2.15. The molecule has 0 saturated carbocycles. The van der Waals surface area contributed by atoms with Crippen LogP contribution in [0.3, 0.4) is 0 Å². The van der Waals surface area contributed by atoms with Crippen LogP contribution in [0.5, 0.6) is 0 Å². The molecule has 0 aliphatic rings. The molecular formula is C18H17BrO3. The molecule has 4 heteroatoms. The van der Waals surface area contributed by atoms with Gasteiger partial charge in [-0.15, -0.1) is 0 Å². The highest BCUT2D eigenvalue weighted by molar-refractivity contribution is 9.10. The third-order valence-corrected chi connectivity index (χ3v) is 4.08. The molecular weight excluding hydrogens is 344 g/mol. The maximum Gasteiger partial charge on any atom is 0.338 e. The highest BCUT2D eigenvalue weighted by Crippen LogP contribution is 2.16. The van der Waals surface area contributed by atoms with E-state index in [1.165, 1.54) is 0 Å². The van der Waals surface area contributed by atoms with Gasteiger partial charge in [0.1, 0.15) is 0 Å². The van der Waals surface area contributed by atoms with Crippen LogP contribution >= 0.6 is 15.9 Å². The van der Waals surface area contributed by atoms with Gasteiger partial charge in [0.15, 0.2) is 6.61 Å². The number of halogens is 1. The van der Waals surface area contributed by atoms with Gasteiger partial charge in [-0.05, 0) is 67.8 Å². The lowest BCUT2D eigenvalue weighted by atomic mass is 9.98. The molecule has 2 aromatic carbocycles. The first-order valence-electron chi connectivity index (χ1n) is 6.92. The average molecular weight is 361 g/mol. The zero-order valence-electron chi connectivity index (χ0n) is 12.8. The molecule has 0 unspecified atom stereocenters. The smallest absolute Gasteiger partial charge is 0.338 e. The van der Waals surface area contributed by atoms with E-state index in [4.69, 9.17) is 4.74 Å². The molecule has 2 aromatic rings. The topological polar surface area (TPSA) is 43.4 Å². The molecule has 0 amide bonds. The summed E-state index contributed by atoms with van der Waals surface area (Å²) in [5.74, 6) is -0.687. The Hall–Kier alpha value is -1.94. The van der Waals surface area contributed by atoms with Gasteiger partial charge < -0.3 is 4.74 Å². The van der Waals surface area contributed by atoms with Crippen LogP contribution in [-0.2, 0) is 4.74 Å². The van der Waals surface area contributed by atoms with Crippen LogP contribution in [0, 0.1) is 20.8 Å². The van der Waals surface area contributed by atoms with Gasteiger partial charge in [-0.1, -0.05) is 22.0 Å². The molecule has 0 spiro atoms. The third kappa shape index (κ3) is 3.83. The monoisotopic (exact) mass is 360 g/mol. The number of hydrogen-bond acceptors (Lipinski definition) is 3. The summed E-state index contributed by atoms with van der Waals surface area (Å²) >= 11 is 3.30. The fourth-order valence-electron chi connectivity index (χ4n) is 2.14. The summed E-state index contributed by atoms with van der Waals surface area (Å²) < 4.78 is 5.99. The van der Waals surface area contributed by atoms with Gasteiger partial charge in [-0.25, -0.2) is 4.79 Å². The number of rotatable bonds is 4. The number of carbonyl (C=O) groups is 2. The molecule has 0 aliphatic heterocycles. The molecule has 0 aliphatic carbocycles. The van der Waals surface area contributed by atoms with E-state index in [0.717, 1.165) is 21.2 Å². The second-order valence-corrected chi connectivity index (χ2v) is 6.17. The van der Waals surface area contributed by atoms with Crippen molar-refractivity contribution in [2.45, 2.75) is 20.8 Å². The van der Waals surface area contributed by atoms with Crippen LogP contribution in [0.1, 0.15) is 37.4 Å². The van der Waals surface area contributed by atoms with E-state index < -0.39 is 5.97 Å². The van der Waals surface area contributed by atoms with Crippen molar-refractivity contribution in [2.24, 2.45) is 0 Å². The normalized spacial score (nSPS) is 10.4. The van der Waals surface area contributed by atoms with Crippen molar-refractivity contribution in [3.63, 3.8) is 0 Å². The van der Waals surface area contributed by atoms with Crippen molar-refractivity contribution >= 4 is 27.7 Å². The molecule has 0 saturated heterocycles. The summed E-state index contributed by atoms with van der Waals surface area (Å²) in [7, 11) is 0. The molecule has 0 radical (unpaired) electrons. The largest absolute Gasteiger partial charge is 0.454 e. The van der Waals surface area contributed by atoms with Crippen molar-refractivity contribution in [3.8, 4) is 0 Å². The Morgan fingerprint density at radius 3 is 2.18 bits per heavy atom. The van der Waals surface area contributed by atoms with Gasteiger partial charge in [0.05, 0.1) is 5.56 Å². The van der Waals surface area contributed by atoms with Crippen LogP contribution < -0.4 is 0 Å². The lowest BCUT2D eigenvalue weighted by molar-refractivity contribution is 0.0474. The van der Waals surface area contributed by atoms with Gasteiger partial charge in [0, 0.05) is 10.0 Å². The first-order valence-corrected chi connectivity index (χ1v) is 7.71. The van der Waals surface area contributed by atoms with E-state index in [1.807, 2.05) is 32.9 Å². The molecule has 0 fully saturated rings. The molecule has 0 aromatic heterocycles. The van der Waals surface area contributed by atoms with Crippen molar-refractivity contribution in [3.05, 3.63) is 68.7 Å². The fourth-order valence-corrected chi connectivity index (χ4v) is 2.40. The number of carbonyl (C=O) groups excluding carboxylic acids is 2. The van der Waals surface area contributed by atoms with Gasteiger partial charge in [-0.3, -0.25) is 4.79 Å². The minimum atomic E-state index is -0.498. The summed E-state index contributed by atoms with van der Waals surface area (Å²) in [5, 5.41) is 0. The summed E-state index contributed by atoms with van der Waals surface area (Å²) in [6.45, 7) is 5.60. The molecule has 114 valence electrons. The van der Waals surface area contributed by atoms with E-state index in [2.05, 4.69) is 15.9 Å². The summed E-state index contributed by atoms with van der Waals surface area (Å²) in [4.78, 5) is 24.1. The lowest BCUT2D eigenvalue weighted by Gasteiger charge is -2.09. The van der Waals surface area contributed by atoms with Crippen LogP contribution in [0.4, 0.5) is 0 Å². The number of aryl methyl sites for hydroxylation is 3. The van der Waals surface area contributed by atoms with Crippen LogP contribution in [0.15, 0.2) is 40.9 Å². The minimum Gasteiger partial charge on any atom is -0.454 e. The number of hydrogen-bond donors (Lipinski definition) is 0.